The van der Waals surface area contributed by atoms with E-state index in [9.17, 15) is 8.42 Å². The van der Waals surface area contributed by atoms with Gasteiger partial charge < -0.3 is 4.90 Å². The average molecular weight is 408 g/mol. The molecule has 2 aromatic carbocycles. The fraction of sp³-hybridized carbons (Fsp3) is 0.348. The fourth-order valence-corrected chi connectivity index (χ4v) is 6.11. The number of benzene rings is 2. The van der Waals surface area contributed by atoms with Crippen molar-refractivity contribution in [2.24, 2.45) is 0 Å². The molecule has 0 saturated carbocycles. The number of piperidine rings is 1. The molecule has 0 radical (unpaired) electrons. The number of fused-ring (bicyclic) bond motifs is 2. The lowest BCUT2D eigenvalue weighted by Gasteiger charge is -2.26. The maximum absolute atomic E-state index is 13.0. The Balaban J connectivity index is 1.51. The SMILES string of the molecule is C[C@H]1Cc2ccccc2N1c1ccc2cc(S(=O)(=O)N3CCCCC3)ccc2n1. The molecule has 5 rings (SSSR count). The van der Waals surface area contributed by atoms with E-state index in [4.69, 9.17) is 4.98 Å². The summed E-state index contributed by atoms with van der Waals surface area (Å²) in [6.07, 6.45) is 3.98. The van der Waals surface area contributed by atoms with E-state index in [0.717, 1.165) is 42.4 Å². The number of aromatic nitrogens is 1. The molecule has 0 spiro atoms. The Morgan fingerprint density at radius 1 is 0.966 bits per heavy atom. The highest BCUT2D eigenvalue weighted by molar-refractivity contribution is 7.89. The van der Waals surface area contributed by atoms with E-state index in [1.165, 1.54) is 11.3 Å². The first-order valence-electron chi connectivity index (χ1n) is 10.3. The van der Waals surface area contributed by atoms with Gasteiger partial charge in [0.25, 0.3) is 0 Å². The molecule has 0 unspecified atom stereocenters. The van der Waals surface area contributed by atoms with Crippen molar-refractivity contribution in [3.8, 4) is 0 Å². The zero-order valence-electron chi connectivity index (χ0n) is 16.6. The molecule has 2 aliphatic heterocycles. The molecule has 3 aromatic rings. The van der Waals surface area contributed by atoms with Gasteiger partial charge in [-0.2, -0.15) is 4.31 Å². The highest BCUT2D eigenvalue weighted by Crippen LogP contribution is 2.37. The maximum Gasteiger partial charge on any atom is 0.243 e. The summed E-state index contributed by atoms with van der Waals surface area (Å²) in [6, 6.07) is 18.1. The smallest absolute Gasteiger partial charge is 0.243 e. The van der Waals surface area contributed by atoms with Crippen LogP contribution in [0.3, 0.4) is 0 Å². The first-order chi connectivity index (χ1) is 14.0. The standard InChI is InChI=1S/C23H25N3O2S/c1-17-15-19-7-3-4-8-22(19)26(17)23-12-9-18-16-20(10-11-21(18)24-23)29(27,28)25-13-5-2-6-14-25/h3-4,7-12,16-17H,2,5-6,13-15H2,1H3/t17-/m0/s1. The topological polar surface area (TPSA) is 53.5 Å². The molecular formula is C23H25N3O2S. The number of hydrogen-bond acceptors (Lipinski definition) is 4. The number of para-hydroxylation sites is 1. The Kier molecular flexibility index (Phi) is 4.56. The van der Waals surface area contributed by atoms with Crippen LogP contribution in [0.1, 0.15) is 31.7 Å². The molecule has 1 atom stereocenters. The van der Waals surface area contributed by atoms with Crippen LogP contribution in [0.25, 0.3) is 10.9 Å². The van der Waals surface area contributed by atoms with Crippen molar-refractivity contribution >= 4 is 32.4 Å². The van der Waals surface area contributed by atoms with Crippen molar-refractivity contribution in [1.29, 1.82) is 0 Å². The lowest BCUT2D eigenvalue weighted by atomic mass is 10.1. The molecule has 3 heterocycles. The lowest BCUT2D eigenvalue weighted by molar-refractivity contribution is 0.346. The average Bonchev–Trinajstić information content (AvgIpc) is 3.09. The van der Waals surface area contributed by atoms with Gasteiger partial charge >= 0.3 is 0 Å². The van der Waals surface area contributed by atoms with Crippen LogP contribution < -0.4 is 4.90 Å². The van der Waals surface area contributed by atoms with Crippen molar-refractivity contribution < 1.29 is 8.42 Å². The lowest BCUT2D eigenvalue weighted by Crippen LogP contribution is -2.35. The molecule has 1 aromatic heterocycles. The van der Waals surface area contributed by atoms with Crippen molar-refractivity contribution in [3.05, 3.63) is 60.2 Å². The monoisotopic (exact) mass is 407 g/mol. The predicted molar refractivity (Wildman–Crippen MR) is 116 cm³/mol. The van der Waals surface area contributed by atoms with Crippen molar-refractivity contribution in [3.63, 3.8) is 0 Å². The number of pyridine rings is 1. The molecule has 5 nitrogen and oxygen atoms in total. The molecule has 29 heavy (non-hydrogen) atoms. The largest absolute Gasteiger partial charge is 0.323 e. The summed E-state index contributed by atoms with van der Waals surface area (Å²) in [6.45, 7) is 3.44. The fourth-order valence-electron chi connectivity index (χ4n) is 4.56. The van der Waals surface area contributed by atoms with Crippen LogP contribution in [-0.4, -0.2) is 36.8 Å². The predicted octanol–water partition coefficient (Wildman–Crippen LogP) is 4.49. The van der Waals surface area contributed by atoms with Gasteiger partial charge in [-0.3, -0.25) is 0 Å². The minimum atomic E-state index is -3.43. The summed E-state index contributed by atoms with van der Waals surface area (Å²) in [5, 5.41) is 0.854. The van der Waals surface area contributed by atoms with Gasteiger partial charge in [0.15, 0.2) is 0 Å². The second-order valence-corrected chi connectivity index (χ2v) is 9.98. The molecule has 2 aliphatic rings. The van der Waals surface area contributed by atoms with Crippen LogP contribution in [0.2, 0.25) is 0 Å². The van der Waals surface area contributed by atoms with Crippen LogP contribution >= 0.6 is 0 Å². The van der Waals surface area contributed by atoms with Gasteiger partial charge in [-0.25, -0.2) is 13.4 Å². The number of anilines is 2. The van der Waals surface area contributed by atoms with Crippen LogP contribution in [0.5, 0.6) is 0 Å². The molecule has 1 fully saturated rings. The maximum atomic E-state index is 13.0. The normalized spacial score (nSPS) is 20.2. The van der Waals surface area contributed by atoms with E-state index in [2.05, 4.69) is 36.1 Å². The Morgan fingerprint density at radius 2 is 1.76 bits per heavy atom. The molecule has 6 heteroatoms. The summed E-state index contributed by atoms with van der Waals surface area (Å²) < 4.78 is 27.6. The molecule has 0 bridgehead atoms. The zero-order chi connectivity index (χ0) is 20.0. The molecular weight excluding hydrogens is 382 g/mol. The summed E-state index contributed by atoms with van der Waals surface area (Å²) in [4.78, 5) is 7.49. The van der Waals surface area contributed by atoms with Gasteiger partial charge in [0.05, 0.1) is 10.4 Å². The minimum absolute atomic E-state index is 0.344. The Bertz CT molecular complexity index is 1170. The summed E-state index contributed by atoms with van der Waals surface area (Å²) in [5.41, 5.74) is 3.36. The van der Waals surface area contributed by atoms with Crippen LogP contribution in [-0.2, 0) is 16.4 Å². The molecule has 150 valence electrons. The number of rotatable bonds is 3. The third kappa shape index (κ3) is 3.20. The van der Waals surface area contributed by atoms with Gasteiger partial charge in [-0.05, 0) is 68.1 Å². The zero-order valence-corrected chi connectivity index (χ0v) is 17.4. The van der Waals surface area contributed by atoms with E-state index in [-0.39, 0.29) is 0 Å². The quantitative estimate of drug-likeness (QED) is 0.642. The Morgan fingerprint density at radius 3 is 2.59 bits per heavy atom. The Labute approximate surface area is 172 Å². The van der Waals surface area contributed by atoms with Gasteiger partial charge in [0.1, 0.15) is 5.82 Å². The van der Waals surface area contributed by atoms with E-state index >= 15 is 0 Å². The highest BCUT2D eigenvalue weighted by Gasteiger charge is 2.28. The first kappa shape index (κ1) is 18.6. The van der Waals surface area contributed by atoms with E-state index in [1.807, 2.05) is 18.2 Å². The van der Waals surface area contributed by atoms with Crippen molar-refractivity contribution in [2.45, 2.75) is 43.5 Å². The van der Waals surface area contributed by atoms with Crippen LogP contribution in [0, 0.1) is 0 Å². The second kappa shape index (κ2) is 7.11. The van der Waals surface area contributed by atoms with E-state index in [1.54, 1.807) is 16.4 Å². The first-order valence-corrected chi connectivity index (χ1v) is 11.8. The van der Waals surface area contributed by atoms with Crippen LogP contribution in [0.15, 0.2) is 59.5 Å². The second-order valence-electron chi connectivity index (χ2n) is 8.04. The van der Waals surface area contributed by atoms with Crippen molar-refractivity contribution in [2.75, 3.05) is 18.0 Å². The number of nitrogens with zero attached hydrogens (tertiary/aromatic N) is 3. The van der Waals surface area contributed by atoms with Crippen LogP contribution in [0.4, 0.5) is 11.5 Å². The summed E-state index contributed by atoms with van der Waals surface area (Å²) >= 11 is 0. The third-order valence-electron chi connectivity index (χ3n) is 6.05. The number of sulfonamides is 1. The van der Waals surface area contributed by atoms with Gasteiger partial charge in [0.2, 0.25) is 10.0 Å². The van der Waals surface area contributed by atoms with E-state index < -0.39 is 10.0 Å². The van der Waals surface area contributed by atoms with Crippen molar-refractivity contribution in [1.82, 2.24) is 9.29 Å². The minimum Gasteiger partial charge on any atom is -0.323 e. The number of hydrogen-bond donors (Lipinski definition) is 0. The van der Waals surface area contributed by atoms with Gasteiger partial charge in [0, 0.05) is 30.2 Å². The highest BCUT2D eigenvalue weighted by atomic mass is 32.2. The molecule has 0 amide bonds. The Hall–Kier alpha value is -2.44. The molecule has 0 N–H and O–H groups in total. The van der Waals surface area contributed by atoms with E-state index in [0.29, 0.717) is 24.0 Å². The molecule has 0 aliphatic carbocycles. The van der Waals surface area contributed by atoms with Gasteiger partial charge in [-0.1, -0.05) is 24.6 Å². The molecule has 1 saturated heterocycles. The summed E-state index contributed by atoms with van der Waals surface area (Å²) in [7, 11) is -3.43. The van der Waals surface area contributed by atoms with Gasteiger partial charge in [-0.15, -0.1) is 0 Å². The summed E-state index contributed by atoms with van der Waals surface area (Å²) in [5.74, 6) is 0.904. The third-order valence-corrected chi connectivity index (χ3v) is 7.95.